The van der Waals surface area contributed by atoms with Crippen LogP contribution >= 0.6 is 22.7 Å². The van der Waals surface area contributed by atoms with Crippen LogP contribution < -0.4 is 0 Å². The zero-order valence-electron chi connectivity index (χ0n) is 8.40. The summed E-state index contributed by atoms with van der Waals surface area (Å²) in [5.41, 5.74) is 0.902. The lowest BCUT2D eigenvalue weighted by Gasteiger charge is -1.91. The predicted molar refractivity (Wildman–Crippen MR) is 63.6 cm³/mol. The average Bonchev–Trinajstić information content (AvgIpc) is 2.77. The van der Waals surface area contributed by atoms with E-state index >= 15 is 0 Å². The summed E-state index contributed by atoms with van der Waals surface area (Å²) in [6.07, 6.45) is 1.35. The summed E-state index contributed by atoms with van der Waals surface area (Å²) in [5, 5.41) is 5.14. The molecule has 2 rings (SSSR count). The molecule has 0 fully saturated rings. The maximum atomic E-state index is 10.9. The number of aromatic nitrogens is 1. The molecule has 15 heavy (non-hydrogen) atoms. The van der Waals surface area contributed by atoms with Gasteiger partial charge in [0.2, 0.25) is 0 Å². The molecule has 0 spiro atoms. The first-order chi connectivity index (χ1) is 7.24. The van der Waals surface area contributed by atoms with Gasteiger partial charge in [-0.15, -0.1) is 22.7 Å². The van der Waals surface area contributed by atoms with Gasteiger partial charge < -0.3 is 0 Å². The van der Waals surface area contributed by atoms with Gasteiger partial charge in [0.05, 0.1) is 10.7 Å². The van der Waals surface area contributed by atoms with E-state index in [4.69, 9.17) is 0 Å². The summed E-state index contributed by atoms with van der Waals surface area (Å²) < 4.78 is 0. The second-order valence-corrected chi connectivity index (χ2v) is 5.34. The largest absolute Gasteiger partial charge is 0.300 e. The fraction of sp³-hybridized carbons (Fsp3) is 0.273. The van der Waals surface area contributed by atoms with Crippen LogP contribution in [0.2, 0.25) is 0 Å². The molecule has 0 aliphatic carbocycles. The Morgan fingerprint density at radius 3 is 3.00 bits per heavy atom. The number of hydrogen-bond donors (Lipinski definition) is 0. The van der Waals surface area contributed by atoms with Crippen LogP contribution in [0.1, 0.15) is 22.5 Å². The molecule has 0 aromatic carbocycles. The monoisotopic (exact) mass is 237 g/mol. The number of rotatable bonds is 4. The van der Waals surface area contributed by atoms with Crippen LogP contribution in [0, 0.1) is 0 Å². The first kappa shape index (κ1) is 10.5. The molecule has 78 valence electrons. The van der Waals surface area contributed by atoms with Crippen LogP contribution in [0.15, 0.2) is 22.9 Å². The molecule has 2 nitrogen and oxygen atoms in total. The second kappa shape index (κ2) is 4.68. The van der Waals surface area contributed by atoms with Crippen molar-refractivity contribution in [2.75, 3.05) is 0 Å². The van der Waals surface area contributed by atoms with E-state index in [2.05, 4.69) is 16.4 Å². The number of thiophene rings is 1. The topological polar surface area (TPSA) is 30.0 Å². The maximum Gasteiger partial charge on any atom is 0.135 e. The number of carbonyl (C=O) groups is 1. The molecule has 0 saturated carbocycles. The van der Waals surface area contributed by atoms with Crippen molar-refractivity contribution in [1.29, 1.82) is 0 Å². The highest BCUT2D eigenvalue weighted by molar-refractivity contribution is 7.11. The van der Waals surface area contributed by atoms with Gasteiger partial charge in [-0.2, -0.15) is 0 Å². The molecule has 0 atom stereocenters. The number of carbonyl (C=O) groups excluding carboxylic acids is 1. The van der Waals surface area contributed by atoms with Gasteiger partial charge in [0.1, 0.15) is 5.78 Å². The van der Waals surface area contributed by atoms with Gasteiger partial charge in [-0.3, -0.25) is 4.79 Å². The van der Waals surface area contributed by atoms with Crippen molar-refractivity contribution in [3.05, 3.63) is 38.5 Å². The van der Waals surface area contributed by atoms with Crippen LogP contribution in [-0.4, -0.2) is 10.8 Å². The molecule has 0 unspecified atom stereocenters. The Labute approximate surface area is 96.6 Å². The fourth-order valence-corrected chi connectivity index (χ4v) is 2.95. The fourth-order valence-electron chi connectivity index (χ4n) is 1.33. The van der Waals surface area contributed by atoms with Crippen molar-refractivity contribution in [3.63, 3.8) is 0 Å². The minimum absolute atomic E-state index is 0.169. The normalized spacial score (nSPS) is 10.5. The maximum absolute atomic E-state index is 10.9. The van der Waals surface area contributed by atoms with Crippen molar-refractivity contribution in [3.8, 4) is 0 Å². The second-order valence-electron chi connectivity index (χ2n) is 3.37. The van der Waals surface area contributed by atoms with Crippen molar-refractivity contribution < 1.29 is 4.79 Å². The van der Waals surface area contributed by atoms with E-state index in [0.717, 1.165) is 17.1 Å². The standard InChI is InChI=1S/C11H11NOS2/c1-8(13)5-9-7-15-11(12-9)6-10-3-2-4-14-10/h2-4,7H,5-6H2,1H3. The minimum atomic E-state index is 0.169. The van der Waals surface area contributed by atoms with E-state index in [-0.39, 0.29) is 5.78 Å². The van der Waals surface area contributed by atoms with Gasteiger partial charge in [0.15, 0.2) is 0 Å². The Kier molecular flexibility index (Phi) is 3.28. The SMILES string of the molecule is CC(=O)Cc1csc(Cc2cccs2)n1. The molecule has 0 bridgehead atoms. The van der Waals surface area contributed by atoms with Crippen LogP contribution in [-0.2, 0) is 17.6 Å². The quantitative estimate of drug-likeness (QED) is 0.818. The van der Waals surface area contributed by atoms with Crippen molar-refractivity contribution >= 4 is 28.5 Å². The van der Waals surface area contributed by atoms with Gasteiger partial charge in [-0.1, -0.05) is 6.07 Å². The molecule has 2 aromatic rings. The van der Waals surface area contributed by atoms with Gasteiger partial charge >= 0.3 is 0 Å². The molecule has 0 N–H and O–H groups in total. The summed E-state index contributed by atoms with van der Waals surface area (Å²) >= 11 is 3.37. The molecular weight excluding hydrogens is 226 g/mol. The Hall–Kier alpha value is -1.00. The van der Waals surface area contributed by atoms with E-state index in [1.807, 2.05) is 11.4 Å². The van der Waals surface area contributed by atoms with E-state index < -0.39 is 0 Å². The highest BCUT2D eigenvalue weighted by Gasteiger charge is 2.05. The third-order valence-corrected chi connectivity index (χ3v) is 3.71. The summed E-state index contributed by atoms with van der Waals surface area (Å²) in [7, 11) is 0. The minimum Gasteiger partial charge on any atom is -0.300 e. The molecule has 0 aliphatic rings. The third kappa shape index (κ3) is 2.97. The van der Waals surface area contributed by atoms with E-state index in [1.54, 1.807) is 29.6 Å². The summed E-state index contributed by atoms with van der Waals surface area (Å²) in [6, 6.07) is 4.15. The van der Waals surface area contributed by atoms with Gasteiger partial charge in [0.25, 0.3) is 0 Å². The molecule has 0 amide bonds. The molecule has 2 heterocycles. The molecule has 0 radical (unpaired) electrons. The van der Waals surface area contributed by atoms with Crippen LogP contribution in [0.5, 0.6) is 0 Å². The van der Waals surface area contributed by atoms with Crippen LogP contribution in [0.3, 0.4) is 0 Å². The third-order valence-electron chi connectivity index (χ3n) is 1.93. The number of nitrogens with zero attached hydrogens (tertiary/aromatic N) is 1. The number of thiazole rings is 1. The number of Topliss-reactive ketones (excluding diaryl/α,β-unsaturated/α-hetero) is 1. The van der Waals surface area contributed by atoms with Crippen molar-refractivity contribution in [1.82, 2.24) is 4.98 Å². The van der Waals surface area contributed by atoms with E-state index in [9.17, 15) is 4.79 Å². The molecule has 2 aromatic heterocycles. The van der Waals surface area contributed by atoms with Gasteiger partial charge in [-0.25, -0.2) is 4.98 Å². The molecule has 0 saturated heterocycles. The lowest BCUT2D eigenvalue weighted by atomic mass is 10.2. The Bertz CT molecular complexity index is 445. The van der Waals surface area contributed by atoms with Crippen LogP contribution in [0.25, 0.3) is 0 Å². The zero-order valence-corrected chi connectivity index (χ0v) is 10.0. The van der Waals surface area contributed by atoms with E-state index in [1.165, 1.54) is 4.88 Å². The first-order valence-electron chi connectivity index (χ1n) is 4.69. The predicted octanol–water partition coefficient (Wildman–Crippen LogP) is 2.93. The van der Waals surface area contributed by atoms with E-state index in [0.29, 0.717) is 6.42 Å². The highest BCUT2D eigenvalue weighted by Crippen LogP contribution is 2.18. The Morgan fingerprint density at radius 1 is 1.47 bits per heavy atom. The summed E-state index contributed by atoms with van der Waals surface area (Å²) in [4.78, 5) is 16.7. The highest BCUT2D eigenvalue weighted by atomic mass is 32.1. The lowest BCUT2D eigenvalue weighted by Crippen LogP contribution is -1.96. The summed E-state index contributed by atoms with van der Waals surface area (Å²) in [6.45, 7) is 1.60. The molecular formula is C11H11NOS2. The van der Waals surface area contributed by atoms with Gasteiger partial charge in [0, 0.05) is 23.1 Å². The smallest absolute Gasteiger partial charge is 0.135 e. The number of hydrogen-bond acceptors (Lipinski definition) is 4. The average molecular weight is 237 g/mol. The zero-order chi connectivity index (χ0) is 10.7. The lowest BCUT2D eigenvalue weighted by molar-refractivity contribution is -0.116. The number of ketones is 1. The Balaban J connectivity index is 2.04. The van der Waals surface area contributed by atoms with Crippen molar-refractivity contribution in [2.45, 2.75) is 19.8 Å². The molecule has 0 aliphatic heterocycles. The first-order valence-corrected chi connectivity index (χ1v) is 6.45. The molecule has 4 heteroatoms. The van der Waals surface area contributed by atoms with Crippen LogP contribution in [0.4, 0.5) is 0 Å². The summed E-state index contributed by atoms with van der Waals surface area (Å²) in [5.74, 6) is 0.169. The Morgan fingerprint density at radius 2 is 2.33 bits per heavy atom. The van der Waals surface area contributed by atoms with Gasteiger partial charge in [-0.05, 0) is 18.4 Å². The van der Waals surface area contributed by atoms with Crippen molar-refractivity contribution in [2.24, 2.45) is 0 Å².